The van der Waals surface area contributed by atoms with Crippen LogP contribution in [0.4, 0.5) is 0 Å². The highest BCUT2D eigenvalue weighted by Gasteiger charge is 2.21. The van der Waals surface area contributed by atoms with Crippen LogP contribution in [0.25, 0.3) is 0 Å². The molecular weight excluding hydrogens is 182 g/mol. The third-order valence-electron chi connectivity index (χ3n) is 2.39. The lowest BCUT2D eigenvalue weighted by Crippen LogP contribution is -2.64. The fourth-order valence-electron chi connectivity index (χ4n) is 1.13. The van der Waals surface area contributed by atoms with E-state index in [4.69, 9.17) is 0 Å². The van der Waals surface area contributed by atoms with Crippen LogP contribution in [0.3, 0.4) is 0 Å². The molecule has 0 radical (unpaired) electrons. The molecule has 1 atom stereocenters. The zero-order valence-corrected chi connectivity index (χ0v) is 10.4. The van der Waals surface area contributed by atoms with Crippen LogP contribution in [-0.4, -0.2) is 5.71 Å². The monoisotopic (exact) mass is 204 g/mol. The molecule has 0 amide bonds. The standard InChI is InChI=1S/C14H21N/c1-8-14(7,13(6)11(2)3)9-10-15-12(4)5/h8-10H,1-2,6H2,3-5,7H3/p+1/b10-9-/t14-/m0/s1. The molecule has 0 spiro atoms. The number of hydrogen-bond donors (Lipinski definition) is 1. The van der Waals surface area contributed by atoms with Gasteiger partial charge in [-0.2, -0.15) is 0 Å². The van der Waals surface area contributed by atoms with E-state index < -0.39 is 0 Å². The maximum absolute atomic E-state index is 4.04. The zero-order valence-electron chi connectivity index (χ0n) is 10.4. The second-order valence-corrected chi connectivity index (χ2v) is 4.22. The first-order valence-electron chi connectivity index (χ1n) is 5.06. The summed E-state index contributed by atoms with van der Waals surface area (Å²) in [4.78, 5) is 3.15. The minimum Gasteiger partial charge on any atom is -0.220 e. The summed E-state index contributed by atoms with van der Waals surface area (Å²) in [6.07, 6.45) is 5.85. The van der Waals surface area contributed by atoms with Crippen LogP contribution in [0.1, 0.15) is 27.7 Å². The average molecular weight is 204 g/mol. The van der Waals surface area contributed by atoms with Crippen molar-refractivity contribution in [2.75, 3.05) is 0 Å². The van der Waals surface area contributed by atoms with E-state index >= 15 is 0 Å². The van der Waals surface area contributed by atoms with Crippen LogP contribution in [0.5, 0.6) is 0 Å². The second-order valence-electron chi connectivity index (χ2n) is 4.22. The van der Waals surface area contributed by atoms with Crippen molar-refractivity contribution in [1.29, 1.82) is 0 Å². The largest absolute Gasteiger partial charge is 0.220 e. The first kappa shape index (κ1) is 13.6. The lowest BCUT2D eigenvalue weighted by molar-refractivity contribution is -0.374. The highest BCUT2D eigenvalue weighted by Crippen LogP contribution is 2.32. The molecule has 0 saturated carbocycles. The van der Waals surface area contributed by atoms with Gasteiger partial charge in [0.2, 0.25) is 0 Å². The van der Waals surface area contributed by atoms with Gasteiger partial charge in [0.15, 0.2) is 6.20 Å². The fraction of sp³-hybridized carbons (Fsp3) is 0.357. The Balaban J connectivity index is 4.96. The van der Waals surface area contributed by atoms with Gasteiger partial charge >= 0.3 is 0 Å². The van der Waals surface area contributed by atoms with Crippen molar-refractivity contribution in [2.45, 2.75) is 27.7 Å². The molecule has 0 aromatic rings. The maximum atomic E-state index is 4.04. The Labute approximate surface area is 93.6 Å². The van der Waals surface area contributed by atoms with Crippen LogP contribution in [-0.2, 0) is 0 Å². The summed E-state index contributed by atoms with van der Waals surface area (Å²) in [5, 5.41) is 0. The molecule has 82 valence electrons. The van der Waals surface area contributed by atoms with Gasteiger partial charge in [0.05, 0.1) is 0 Å². The Morgan fingerprint density at radius 3 is 2.07 bits per heavy atom. The van der Waals surface area contributed by atoms with E-state index in [-0.39, 0.29) is 5.41 Å². The molecule has 1 nitrogen and oxygen atoms in total. The molecule has 0 bridgehead atoms. The Morgan fingerprint density at radius 2 is 1.73 bits per heavy atom. The summed E-state index contributed by atoms with van der Waals surface area (Å²) >= 11 is 0. The highest BCUT2D eigenvalue weighted by molar-refractivity contribution is 5.72. The molecule has 0 rings (SSSR count). The number of hydrogen-bond acceptors (Lipinski definition) is 0. The van der Waals surface area contributed by atoms with Gasteiger partial charge in [-0.1, -0.05) is 24.8 Å². The summed E-state index contributed by atoms with van der Waals surface area (Å²) in [7, 11) is 0. The summed E-state index contributed by atoms with van der Waals surface area (Å²) in [6, 6.07) is 0. The zero-order chi connectivity index (χ0) is 12.1. The first-order valence-corrected chi connectivity index (χ1v) is 5.06. The van der Waals surface area contributed by atoms with E-state index in [2.05, 4.69) is 31.7 Å². The van der Waals surface area contributed by atoms with Gasteiger partial charge in [-0.15, -0.1) is 6.58 Å². The van der Waals surface area contributed by atoms with Gasteiger partial charge in [-0.25, -0.2) is 4.99 Å². The van der Waals surface area contributed by atoms with Gasteiger partial charge in [-0.05, 0) is 25.5 Å². The molecular formula is C14H22N+. The lowest BCUT2D eigenvalue weighted by atomic mass is 9.80. The van der Waals surface area contributed by atoms with Gasteiger partial charge in [0, 0.05) is 19.3 Å². The molecule has 15 heavy (non-hydrogen) atoms. The number of rotatable bonds is 5. The molecule has 0 unspecified atom stereocenters. The van der Waals surface area contributed by atoms with Crippen LogP contribution in [0.2, 0.25) is 0 Å². The van der Waals surface area contributed by atoms with E-state index in [1.165, 1.54) is 0 Å². The Hall–Kier alpha value is -1.37. The first-order chi connectivity index (χ1) is 6.83. The summed E-state index contributed by atoms with van der Waals surface area (Å²) in [5.74, 6) is 0. The number of allylic oxidation sites excluding steroid dienone is 4. The van der Waals surface area contributed by atoms with Crippen molar-refractivity contribution in [3.8, 4) is 0 Å². The molecule has 0 aliphatic heterocycles. The van der Waals surface area contributed by atoms with E-state index in [9.17, 15) is 0 Å². The van der Waals surface area contributed by atoms with Crippen molar-refractivity contribution in [3.63, 3.8) is 0 Å². The minimum atomic E-state index is -0.228. The molecule has 0 saturated heterocycles. The SMILES string of the molecule is C=C[C@@](C)(/C=C\[NH+]=C(C)C)C(=C)C(=C)C. The topological polar surface area (TPSA) is 14.0 Å². The van der Waals surface area contributed by atoms with Gasteiger partial charge in [0.1, 0.15) is 5.71 Å². The molecule has 1 N–H and O–H groups in total. The molecule has 0 aliphatic carbocycles. The molecule has 1 heteroatoms. The molecule has 0 aromatic carbocycles. The Bertz CT molecular complexity index is 327. The van der Waals surface area contributed by atoms with Crippen molar-refractivity contribution < 1.29 is 4.99 Å². The van der Waals surface area contributed by atoms with Crippen molar-refractivity contribution in [3.05, 3.63) is 49.2 Å². The molecule has 0 fully saturated rings. The fourth-order valence-corrected chi connectivity index (χ4v) is 1.13. The van der Waals surface area contributed by atoms with Gasteiger partial charge in [0.25, 0.3) is 0 Å². The van der Waals surface area contributed by atoms with E-state index in [1.54, 1.807) is 0 Å². The third-order valence-corrected chi connectivity index (χ3v) is 2.39. The van der Waals surface area contributed by atoms with Crippen LogP contribution in [0, 0.1) is 5.41 Å². The van der Waals surface area contributed by atoms with Crippen molar-refractivity contribution >= 4 is 5.71 Å². The Kier molecular flexibility index (Phi) is 4.99. The number of nitrogens with one attached hydrogen (secondary N) is 1. The molecule has 0 aromatic heterocycles. The minimum absolute atomic E-state index is 0.228. The highest BCUT2D eigenvalue weighted by atomic mass is 14.7. The quantitative estimate of drug-likeness (QED) is 0.401. The second kappa shape index (κ2) is 5.50. The summed E-state index contributed by atoms with van der Waals surface area (Å²) in [6.45, 7) is 19.9. The van der Waals surface area contributed by atoms with Gasteiger partial charge in [-0.3, -0.25) is 0 Å². The van der Waals surface area contributed by atoms with Crippen LogP contribution in [0.15, 0.2) is 49.2 Å². The molecule has 0 heterocycles. The van der Waals surface area contributed by atoms with Crippen LogP contribution < -0.4 is 4.99 Å². The van der Waals surface area contributed by atoms with Gasteiger partial charge < -0.3 is 0 Å². The lowest BCUT2D eigenvalue weighted by Gasteiger charge is -2.23. The predicted octanol–water partition coefficient (Wildman–Crippen LogP) is 2.39. The summed E-state index contributed by atoms with van der Waals surface area (Å²) < 4.78 is 0. The summed E-state index contributed by atoms with van der Waals surface area (Å²) in [5.41, 5.74) is 2.90. The maximum Gasteiger partial charge on any atom is 0.164 e. The third kappa shape index (κ3) is 4.11. The van der Waals surface area contributed by atoms with E-state index in [1.807, 2.05) is 39.1 Å². The average Bonchev–Trinajstić information content (AvgIpc) is 2.15. The van der Waals surface area contributed by atoms with E-state index in [0.29, 0.717) is 0 Å². The van der Waals surface area contributed by atoms with E-state index in [0.717, 1.165) is 16.9 Å². The molecule has 0 aliphatic rings. The van der Waals surface area contributed by atoms with Crippen molar-refractivity contribution in [1.82, 2.24) is 0 Å². The smallest absolute Gasteiger partial charge is 0.164 e. The predicted molar refractivity (Wildman–Crippen MR) is 68.7 cm³/mol. The van der Waals surface area contributed by atoms with Crippen LogP contribution >= 0.6 is 0 Å². The normalized spacial score (nSPS) is 14.4. The Morgan fingerprint density at radius 1 is 1.20 bits per heavy atom. The van der Waals surface area contributed by atoms with Crippen molar-refractivity contribution in [2.24, 2.45) is 5.41 Å².